The zero-order valence-corrected chi connectivity index (χ0v) is 8.58. The summed E-state index contributed by atoms with van der Waals surface area (Å²) in [6.45, 7) is 2.18. The summed E-state index contributed by atoms with van der Waals surface area (Å²) in [5.74, 6) is 0. The number of amides is 1. The second kappa shape index (κ2) is 4.11. The molecule has 3 N–H and O–H groups in total. The molecule has 1 rings (SSSR count). The Morgan fingerprint density at radius 1 is 1.64 bits per heavy atom. The number of carbonyl (C=O) groups is 1. The molecule has 0 radical (unpaired) electrons. The lowest BCUT2D eigenvalue weighted by molar-refractivity contribution is 0.157. The molecule has 0 aromatic carbocycles. The number of nitrogens with two attached hydrogens (primary N) is 1. The Labute approximate surface area is 82.4 Å². The number of nitrogens with zero attached hydrogens (tertiary/aromatic N) is 1. The van der Waals surface area contributed by atoms with Gasteiger partial charge in [0.1, 0.15) is 0 Å². The summed E-state index contributed by atoms with van der Waals surface area (Å²) in [5, 5.41) is 0. The van der Waals surface area contributed by atoms with E-state index in [4.69, 9.17) is 5.73 Å². The van der Waals surface area contributed by atoms with Gasteiger partial charge in [-0.1, -0.05) is 0 Å². The molecule has 8 heteroatoms. The van der Waals surface area contributed by atoms with Gasteiger partial charge in [-0.2, -0.15) is 12.7 Å². The molecule has 0 saturated carbocycles. The van der Waals surface area contributed by atoms with Crippen molar-refractivity contribution in [2.75, 3.05) is 19.7 Å². The molecule has 7 nitrogen and oxygen atoms in total. The third-order valence-corrected chi connectivity index (χ3v) is 3.11. The van der Waals surface area contributed by atoms with Crippen molar-refractivity contribution in [1.29, 1.82) is 0 Å². The summed E-state index contributed by atoms with van der Waals surface area (Å²) >= 11 is 0. The fourth-order valence-corrected chi connectivity index (χ4v) is 2.17. The fourth-order valence-electron chi connectivity index (χ4n) is 0.996. The average Bonchev–Trinajstić information content (AvgIpc) is 1.98. The highest BCUT2D eigenvalue weighted by Gasteiger charge is 2.34. The molecule has 0 atom stereocenters. The first-order valence-corrected chi connectivity index (χ1v) is 5.60. The summed E-state index contributed by atoms with van der Waals surface area (Å²) in [7, 11) is -3.75. The number of rotatable bonds is 3. The van der Waals surface area contributed by atoms with Crippen LogP contribution in [0.4, 0.5) is 4.79 Å². The molecule has 82 valence electrons. The van der Waals surface area contributed by atoms with E-state index >= 15 is 0 Å². The number of nitrogens with one attached hydrogen (secondary N) is 1. The minimum absolute atomic E-state index is 0.126. The fraction of sp³-hybridized carbons (Fsp3) is 0.833. The molecule has 1 aliphatic heterocycles. The highest BCUT2D eigenvalue weighted by molar-refractivity contribution is 7.87. The Balaban J connectivity index is 2.46. The molecule has 0 aliphatic carbocycles. The molecular formula is C6H13N3O4S. The highest BCUT2D eigenvalue weighted by atomic mass is 32.2. The normalized spacial score (nSPS) is 18.7. The topological polar surface area (TPSA) is 102 Å². The lowest BCUT2D eigenvalue weighted by Gasteiger charge is -2.34. The lowest BCUT2D eigenvalue weighted by atomic mass is 10.2. The second-order valence-corrected chi connectivity index (χ2v) is 4.58. The number of hydrogen-bond donors (Lipinski definition) is 2. The van der Waals surface area contributed by atoms with Crippen LogP contribution in [0.2, 0.25) is 0 Å². The van der Waals surface area contributed by atoms with Crippen molar-refractivity contribution in [1.82, 2.24) is 9.03 Å². The van der Waals surface area contributed by atoms with Crippen LogP contribution in [0.3, 0.4) is 0 Å². The van der Waals surface area contributed by atoms with Gasteiger partial charge in [0.05, 0.1) is 6.61 Å². The largest absolute Gasteiger partial charge is 0.449 e. The average molecular weight is 223 g/mol. The maximum atomic E-state index is 11.3. The van der Waals surface area contributed by atoms with E-state index in [1.807, 2.05) is 0 Å². The first-order chi connectivity index (χ1) is 6.45. The molecule has 0 unspecified atom stereocenters. The van der Waals surface area contributed by atoms with Gasteiger partial charge >= 0.3 is 16.3 Å². The number of carbonyl (C=O) groups excluding carboxylic acids is 1. The van der Waals surface area contributed by atoms with E-state index in [0.717, 1.165) is 4.31 Å². The first-order valence-electron chi connectivity index (χ1n) is 4.16. The minimum Gasteiger partial charge on any atom is -0.449 e. The Morgan fingerprint density at radius 2 is 2.21 bits per heavy atom. The Kier molecular flexibility index (Phi) is 3.29. The van der Waals surface area contributed by atoms with Crippen LogP contribution in [0.1, 0.15) is 6.92 Å². The minimum atomic E-state index is -3.75. The van der Waals surface area contributed by atoms with Crippen LogP contribution in [0.15, 0.2) is 0 Å². The van der Waals surface area contributed by atoms with Gasteiger partial charge < -0.3 is 10.5 Å². The van der Waals surface area contributed by atoms with E-state index in [-0.39, 0.29) is 25.7 Å². The maximum absolute atomic E-state index is 11.3. The molecule has 0 spiro atoms. The van der Waals surface area contributed by atoms with Gasteiger partial charge in [0, 0.05) is 19.1 Å². The molecule has 1 heterocycles. The van der Waals surface area contributed by atoms with Crippen molar-refractivity contribution >= 4 is 16.3 Å². The van der Waals surface area contributed by atoms with Gasteiger partial charge in [-0.05, 0) is 6.92 Å². The Morgan fingerprint density at radius 3 is 2.64 bits per heavy atom. The van der Waals surface area contributed by atoms with E-state index in [0.29, 0.717) is 0 Å². The quantitative estimate of drug-likeness (QED) is 0.614. The van der Waals surface area contributed by atoms with E-state index in [1.54, 1.807) is 11.6 Å². The Bertz CT molecular complexity index is 309. The van der Waals surface area contributed by atoms with Gasteiger partial charge in [0.15, 0.2) is 0 Å². The first kappa shape index (κ1) is 11.2. The van der Waals surface area contributed by atoms with E-state index in [9.17, 15) is 13.2 Å². The van der Waals surface area contributed by atoms with E-state index in [2.05, 4.69) is 4.74 Å². The number of hydrogen-bond acceptors (Lipinski definition) is 5. The summed E-state index contributed by atoms with van der Waals surface area (Å²) in [5.41, 5.74) is 5.40. The smallest absolute Gasteiger partial charge is 0.421 e. The molecule has 1 saturated heterocycles. The lowest BCUT2D eigenvalue weighted by Crippen LogP contribution is -2.60. The molecule has 0 bridgehead atoms. The molecule has 0 aromatic heterocycles. The zero-order valence-electron chi connectivity index (χ0n) is 7.76. The monoisotopic (exact) mass is 223 g/mol. The van der Waals surface area contributed by atoms with Crippen molar-refractivity contribution in [3.63, 3.8) is 0 Å². The summed E-state index contributed by atoms with van der Waals surface area (Å²) in [4.78, 5) is 10.8. The van der Waals surface area contributed by atoms with Crippen molar-refractivity contribution in [2.45, 2.75) is 13.0 Å². The predicted molar refractivity (Wildman–Crippen MR) is 48.6 cm³/mol. The standard InChI is InChI=1S/C6H13N3O4S/c1-2-13-6(10)8-14(11,12)9-3-5(7)4-9/h5H,2-4,7H2,1H3,(H,8,10). The summed E-state index contributed by atoms with van der Waals surface area (Å²) < 4.78 is 29.9. The summed E-state index contributed by atoms with van der Waals surface area (Å²) in [6, 6.07) is -0.145. The van der Waals surface area contributed by atoms with Gasteiger partial charge in [0.2, 0.25) is 0 Å². The van der Waals surface area contributed by atoms with Crippen molar-refractivity contribution in [3.8, 4) is 0 Å². The van der Waals surface area contributed by atoms with Crippen LogP contribution in [0.25, 0.3) is 0 Å². The van der Waals surface area contributed by atoms with Crippen LogP contribution in [-0.2, 0) is 14.9 Å². The highest BCUT2D eigenvalue weighted by Crippen LogP contribution is 2.09. The van der Waals surface area contributed by atoms with Crippen LogP contribution < -0.4 is 10.5 Å². The van der Waals surface area contributed by atoms with Crippen molar-refractivity contribution in [2.24, 2.45) is 5.73 Å². The van der Waals surface area contributed by atoms with Crippen molar-refractivity contribution < 1.29 is 17.9 Å². The molecule has 1 aliphatic rings. The van der Waals surface area contributed by atoms with Crippen LogP contribution in [0, 0.1) is 0 Å². The summed E-state index contributed by atoms with van der Waals surface area (Å²) in [6.07, 6.45) is -0.965. The molecule has 1 fully saturated rings. The van der Waals surface area contributed by atoms with Crippen LogP contribution >= 0.6 is 0 Å². The number of ether oxygens (including phenoxy) is 1. The third kappa shape index (κ3) is 2.56. The Hall–Kier alpha value is -0.860. The predicted octanol–water partition coefficient (Wildman–Crippen LogP) is -1.38. The van der Waals surface area contributed by atoms with Crippen LogP contribution in [0.5, 0.6) is 0 Å². The molecule has 1 amide bonds. The SMILES string of the molecule is CCOC(=O)NS(=O)(=O)N1CC(N)C1. The van der Waals surface area contributed by atoms with E-state index in [1.165, 1.54) is 0 Å². The van der Waals surface area contributed by atoms with Gasteiger partial charge in [-0.3, -0.25) is 0 Å². The zero-order chi connectivity index (χ0) is 10.8. The molecule has 14 heavy (non-hydrogen) atoms. The van der Waals surface area contributed by atoms with E-state index < -0.39 is 16.3 Å². The van der Waals surface area contributed by atoms with Crippen LogP contribution in [-0.4, -0.2) is 44.6 Å². The van der Waals surface area contributed by atoms with Gasteiger partial charge in [-0.15, -0.1) is 0 Å². The van der Waals surface area contributed by atoms with Crippen molar-refractivity contribution in [3.05, 3.63) is 0 Å². The molecule has 0 aromatic rings. The maximum Gasteiger partial charge on any atom is 0.421 e. The molecular weight excluding hydrogens is 210 g/mol. The third-order valence-electron chi connectivity index (χ3n) is 1.70. The van der Waals surface area contributed by atoms with Gasteiger partial charge in [-0.25, -0.2) is 9.52 Å². The second-order valence-electron chi connectivity index (χ2n) is 2.90. The van der Waals surface area contributed by atoms with Gasteiger partial charge in [0.25, 0.3) is 0 Å².